The van der Waals surface area contributed by atoms with Crippen molar-refractivity contribution < 1.29 is 29.1 Å². The summed E-state index contributed by atoms with van der Waals surface area (Å²) in [6.07, 6.45) is 0. The van der Waals surface area contributed by atoms with E-state index in [0.717, 1.165) is 4.70 Å². The Kier molecular flexibility index (Phi) is 6.99. The number of aliphatic hydroxyl groups is 1. The lowest BCUT2D eigenvalue weighted by Gasteiger charge is -2.22. The number of carbonyl (C=O) groups excluding carboxylic acids is 2. The van der Waals surface area contributed by atoms with E-state index in [4.69, 9.17) is 9.47 Å². The first-order valence-electron chi connectivity index (χ1n) is 12.1. The average Bonchev–Trinajstić information content (AvgIpc) is 3.46. The quantitative estimate of drug-likeness (QED) is 0.0991. The zero-order chi connectivity index (χ0) is 27.7. The highest BCUT2D eigenvalue weighted by Crippen LogP contribution is 2.45. The number of anilines is 1. The van der Waals surface area contributed by atoms with Crippen LogP contribution in [-0.2, 0) is 9.59 Å². The summed E-state index contributed by atoms with van der Waals surface area (Å²) < 4.78 is 11.8. The SMILES string of the molecule is CCOc1cccc(/C(O)=C2\C(=O)C(=O)N(c3nc4ccc(OCC)cc4s3)C2c2cccc([N+](=O)[O-])c2)c1. The topological polar surface area (TPSA) is 132 Å². The van der Waals surface area contributed by atoms with Crippen molar-refractivity contribution in [2.45, 2.75) is 19.9 Å². The van der Waals surface area contributed by atoms with Gasteiger partial charge in [0.15, 0.2) is 5.13 Å². The Morgan fingerprint density at radius 2 is 1.74 bits per heavy atom. The van der Waals surface area contributed by atoms with Gasteiger partial charge in [-0.3, -0.25) is 24.6 Å². The van der Waals surface area contributed by atoms with Crippen molar-refractivity contribution in [3.8, 4) is 11.5 Å². The fraction of sp³-hybridized carbons (Fsp3) is 0.179. The monoisotopic (exact) mass is 545 g/mol. The molecule has 1 aliphatic heterocycles. The minimum absolute atomic E-state index is 0.205. The summed E-state index contributed by atoms with van der Waals surface area (Å²) in [4.78, 5) is 43.7. The third-order valence-electron chi connectivity index (χ3n) is 6.13. The lowest BCUT2D eigenvalue weighted by Crippen LogP contribution is -2.29. The van der Waals surface area contributed by atoms with E-state index in [-0.39, 0.29) is 27.5 Å². The first-order valence-corrected chi connectivity index (χ1v) is 13.0. The second-order valence-electron chi connectivity index (χ2n) is 8.54. The molecule has 0 spiro atoms. The Hall–Kier alpha value is -4.77. The third-order valence-corrected chi connectivity index (χ3v) is 7.14. The number of benzene rings is 3. The van der Waals surface area contributed by atoms with Crippen LogP contribution in [0.5, 0.6) is 11.5 Å². The summed E-state index contributed by atoms with van der Waals surface area (Å²) in [5.41, 5.74) is 0.702. The number of nitrogens with zero attached hydrogens (tertiary/aromatic N) is 3. The van der Waals surface area contributed by atoms with Gasteiger partial charge in [-0.2, -0.15) is 0 Å². The van der Waals surface area contributed by atoms with E-state index in [1.807, 2.05) is 13.8 Å². The van der Waals surface area contributed by atoms with E-state index in [9.17, 15) is 24.8 Å². The molecule has 1 aliphatic rings. The van der Waals surface area contributed by atoms with Gasteiger partial charge in [-0.1, -0.05) is 35.6 Å². The summed E-state index contributed by atoms with van der Waals surface area (Å²) in [7, 11) is 0. The molecule has 2 heterocycles. The summed E-state index contributed by atoms with van der Waals surface area (Å²) in [5.74, 6) is -1.16. The number of ketones is 1. The number of nitro groups is 1. The highest BCUT2D eigenvalue weighted by molar-refractivity contribution is 7.22. The van der Waals surface area contributed by atoms with Gasteiger partial charge in [0.05, 0.1) is 40.0 Å². The zero-order valence-electron chi connectivity index (χ0n) is 21.0. The van der Waals surface area contributed by atoms with E-state index in [2.05, 4.69) is 4.98 Å². The van der Waals surface area contributed by atoms with E-state index < -0.39 is 28.4 Å². The second-order valence-corrected chi connectivity index (χ2v) is 9.55. The van der Waals surface area contributed by atoms with Crippen LogP contribution in [0.15, 0.2) is 72.3 Å². The van der Waals surface area contributed by atoms with Crippen LogP contribution in [0.4, 0.5) is 10.8 Å². The lowest BCUT2D eigenvalue weighted by atomic mass is 9.95. The van der Waals surface area contributed by atoms with Crippen molar-refractivity contribution in [2.75, 3.05) is 18.1 Å². The van der Waals surface area contributed by atoms with Gasteiger partial charge in [-0.15, -0.1) is 0 Å². The van der Waals surface area contributed by atoms with Crippen molar-refractivity contribution >= 4 is 49.8 Å². The van der Waals surface area contributed by atoms with Gasteiger partial charge in [-0.05, 0) is 49.7 Å². The molecule has 11 heteroatoms. The van der Waals surface area contributed by atoms with Crippen LogP contribution in [0.2, 0.25) is 0 Å². The molecule has 39 heavy (non-hydrogen) atoms. The number of carbonyl (C=O) groups is 2. The number of Topliss-reactive ketones (excluding diaryl/α,β-unsaturated/α-hetero) is 1. The number of hydrogen-bond acceptors (Lipinski definition) is 9. The molecule has 10 nitrogen and oxygen atoms in total. The predicted octanol–water partition coefficient (Wildman–Crippen LogP) is 5.63. The number of hydrogen-bond donors (Lipinski definition) is 1. The molecular formula is C28H23N3O7S. The van der Waals surface area contributed by atoms with Gasteiger partial charge < -0.3 is 14.6 Å². The smallest absolute Gasteiger partial charge is 0.301 e. The number of rotatable bonds is 8. The summed E-state index contributed by atoms with van der Waals surface area (Å²) in [5, 5.41) is 23.1. The minimum atomic E-state index is -1.16. The summed E-state index contributed by atoms with van der Waals surface area (Å²) >= 11 is 1.17. The molecule has 1 N–H and O–H groups in total. The van der Waals surface area contributed by atoms with Gasteiger partial charge in [0.2, 0.25) is 0 Å². The number of thiazole rings is 1. The van der Waals surface area contributed by atoms with Crippen LogP contribution in [0, 0.1) is 10.1 Å². The Balaban J connectivity index is 1.71. The number of amides is 1. The van der Waals surface area contributed by atoms with Gasteiger partial charge in [0, 0.05) is 17.7 Å². The molecule has 0 aliphatic carbocycles. The van der Waals surface area contributed by atoms with Crippen LogP contribution in [0.25, 0.3) is 16.0 Å². The van der Waals surface area contributed by atoms with Crippen molar-refractivity contribution in [3.63, 3.8) is 0 Å². The maximum Gasteiger partial charge on any atom is 0.301 e. The Morgan fingerprint density at radius 1 is 1.03 bits per heavy atom. The number of aromatic nitrogens is 1. The summed E-state index contributed by atoms with van der Waals surface area (Å²) in [6.45, 7) is 4.55. The first-order chi connectivity index (χ1) is 18.8. The van der Waals surface area contributed by atoms with Crippen LogP contribution in [0.3, 0.4) is 0 Å². The molecule has 0 bridgehead atoms. The first kappa shape index (κ1) is 25.9. The molecule has 0 radical (unpaired) electrons. The van der Waals surface area contributed by atoms with Crippen molar-refractivity contribution in [1.82, 2.24) is 4.98 Å². The molecule has 5 rings (SSSR count). The van der Waals surface area contributed by atoms with E-state index in [1.54, 1.807) is 48.5 Å². The molecule has 1 aromatic heterocycles. The number of aliphatic hydroxyl groups excluding tert-OH is 1. The number of fused-ring (bicyclic) bond motifs is 1. The highest BCUT2D eigenvalue weighted by Gasteiger charge is 2.48. The van der Waals surface area contributed by atoms with Gasteiger partial charge in [0.1, 0.15) is 17.3 Å². The maximum absolute atomic E-state index is 13.5. The molecule has 3 aromatic carbocycles. The largest absolute Gasteiger partial charge is 0.507 e. The second kappa shape index (κ2) is 10.5. The standard InChI is InChI=1S/C28H23N3O7S/c1-3-37-19-10-6-8-17(14-19)25(32)23-24(16-7-5-9-18(13-16)31(35)36)30(27(34)26(23)33)28-29-21-12-11-20(38-4-2)15-22(21)39-28/h5-15,24,32H,3-4H2,1-2H3/b25-23+. The molecular weight excluding hydrogens is 522 g/mol. The summed E-state index contributed by atoms with van der Waals surface area (Å²) in [6, 6.07) is 16.3. The van der Waals surface area contributed by atoms with Crippen molar-refractivity contribution in [2.24, 2.45) is 0 Å². The Morgan fingerprint density at radius 3 is 2.46 bits per heavy atom. The molecule has 0 saturated carbocycles. The molecule has 4 aromatic rings. The maximum atomic E-state index is 13.5. The molecule has 198 valence electrons. The molecule has 1 fully saturated rings. The highest BCUT2D eigenvalue weighted by atomic mass is 32.1. The molecule has 1 saturated heterocycles. The molecule has 1 amide bonds. The Bertz CT molecular complexity index is 1650. The minimum Gasteiger partial charge on any atom is -0.507 e. The van der Waals surface area contributed by atoms with E-state index in [0.29, 0.717) is 30.2 Å². The predicted molar refractivity (Wildman–Crippen MR) is 146 cm³/mol. The van der Waals surface area contributed by atoms with Crippen molar-refractivity contribution in [1.29, 1.82) is 0 Å². The normalized spacial score (nSPS) is 16.6. The van der Waals surface area contributed by atoms with E-state index in [1.165, 1.54) is 34.4 Å². The Labute approximate surface area is 226 Å². The number of ether oxygens (including phenoxy) is 2. The van der Waals surface area contributed by atoms with Crippen LogP contribution in [0.1, 0.15) is 31.0 Å². The van der Waals surface area contributed by atoms with Crippen LogP contribution in [-0.4, -0.2) is 39.9 Å². The average molecular weight is 546 g/mol. The fourth-order valence-corrected chi connectivity index (χ4v) is 5.48. The van der Waals surface area contributed by atoms with Gasteiger partial charge in [-0.25, -0.2) is 4.98 Å². The number of nitro benzene ring substituents is 1. The fourth-order valence-electron chi connectivity index (χ4n) is 4.46. The van der Waals surface area contributed by atoms with Crippen LogP contribution < -0.4 is 14.4 Å². The third kappa shape index (κ3) is 4.79. The van der Waals surface area contributed by atoms with Crippen molar-refractivity contribution in [3.05, 3.63) is 93.5 Å². The zero-order valence-corrected chi connectivity index (χ0v) is 21.8. The molecule has 1 unspecified atom stereocenters. The lowest BCUT2D eigenvalue weighted by molar-refractivity contribution is -0.384. The van der Waals surface area contributed by atoms with Gasteiger partial charge >= 0.3 is 5.91 Å². The number of non-ortho nitro benzene ring substituents is 1. The van der Waals surface area contributed by atoms with Crippen LogP contribution >= 0.6 is 11.3 Å². The molecule has 1 atom stereocenters. The van der Waals surface area contributed by atoms with E-state index >= 15 is 0 Å². The van der Waals surface area contributed by atoms with Gasteiger partial charge in [0.25, 0.3) is 11.5 Å².